The number of aromatic nitrogens is 3. The highest BCUT2D eigenvalue weighted by atomic mass is 32.2. The van der Waals surface area contributed by atoms with Gasteiger partial charge in [-0.2, -0.15) is 11.8 Å². The fraction of sp³-hybridized carbons (Fsp3) is 0.711. The van der Waals surface area contributed by atoms with Gasteiger partial charge in [0.2, 0.25) is 5.91 Å². The van der Waals surface area contributed by atoms with Crippen LogP contribution in [0, 0.1) is 0 Å². The van der Waals surface area contributed by atoms with E-state index in [-0.39, 0.29) is 41.8 Å². The van der Waals surface area contributed by atoms with Gasteiger partial charge in [-0.05, 0) is 51.1 Å². The summed E-state index contributed by atoms with van der Waals surface area (Å²) in [5, 5.41) is 32.9. The molecule has 0 aliphatic carbocycles. The molecule has 1 aromatic heterocycles. The first kappa shape index (κ1) is 46.0. The standard InChI is InChI=1S/C38H63N9O9S/c1-46(2)31(25-29-7-9-32(48)10-8-29)26-41-37(50)40-12-11-30-27-47(45-44-30)14-16-53-18-20-55-22-24-56-23-21-54-19-17-52-15-13-39-35(49)6-4-3-5-34-36-33(28-57-34)42-38(51)43-36/h7-10,27,31,33-34,36,48H,3-6,11-26,28H2,1-2H3,(H,39,49)(H2,40,41,50)(H2,42,43,51)/t31-,33-,34-,36-/m0/s1. The Labute approximate surface area is 340 Å². The van der Waals surface area contributed by atoms with E-state index in [9.17, 15) is 19.5 Å². The SMILES string of the molecule is CN(C)[C@H](CNC(=O)NCCc1cn(CCOCCOCCOCCOCCOCCNC(=O)CCCC[C@@H]2SC[C@@H]3NC(=O)N[C@@H]32)nn1)Cc1ccc(O)cc1. The largest absolute Gasteiger partial charge is 0.508 e. The number of phenols is 1. The number of carbonyl (C=O) groups excluding carboxylic acids is 3. The summed E-state index contributed by atoms with van der Waals surface area (Å²) in [5.41, 5.74) is 1.87. The normalized spacial score (nSPS) is 17.9. The van der Waals surface area contributed by atoms with Gasteiger partial charge in [0.15, 0.2) is 0 Å². The number of amides is 5. The molecule has 2 aromatic rings. The number of likely N-dealkylation sites (N-methyl/N-ethyl adjacent to an activating group) is 1. The topological polar surface area (TPSA) is 212 Å². The number of hydrogen-bond donors (Lipinski definition) is 6. The van der Waals surface area contributed by atoms with E-state index in [4.69, 9.17) is 23.7 Å². The van der Waals surface area contributed by atoms with Crippen LogP contribution in [0.2, 0.25) is 0 Å². The lowest BCUT2D eigenvalue weighted by Crippen LogP contribution is -2.45. The van der Waals surface area contributed by atoms with Crippen LogP contribution >= 0.6 is 11.8 Å². The van der Waals surface area contributed by atoms with E-state index in [1.807, 2.05) is 44.2 Å². The van der Waals surface area contributed by atoms with E-state index in [0.29, 0.717) is 110 Å². The molecule has 2 aliphatic rings. The van der Waals surface area contributed by atoms with Gasteiger partial charge in [-0.25, -0.2) is 14.3 Å². The van der Waals surface area contributed by atoms with Crippen LogP contribution in [0.5, 0.6) is 5.75 Å². The fourth-order valence-electron chi connectivity index (χ4n) is 6.25. The Morgan fingerprint density at radius 1 is 0.895 bits per heavy atom. The van der Waals surface area contributed by atoms with Crippen LogP contribution in [-0.2, 0) is 47.9 Å². The molecule has 6 N–H and O–H groups in total. The number of fused-ring (bicyclic) bond motifs is 1. The molecule has 1 aromatic carbocycles. The molecule has 57 heavy (non-hydrogen) atoms. The Bertz CT molecular complexity index is 1440. The maximum Gasteiger partial charge on any atom is 0.315 e. The summed E-state index contributed by atoms with van der Waals surface area (Å²) in [6.45, 7) is 6.54. The average Bonchev–Trinajstić information content (AvgIpc) is 3.91. The highest BCUT2D eigenvalue weighted by molar-refractivity contribution is 8.00. The van der Waals surface area contributed by atoms with Crippen molar-refractivity contribution in [3.05, 3.63) is 41.7 Å². The van der Waals surface area contributed by atoms with E-state index < -0.39 is 0 Å². The summed E-state index contributed by atoms with van der Waals surface area (Å²) in [7, 11) is 3.95. The fourth-order valence-corrected chi connectivity index (χ4v) is 7.79. The number of carbonyl (C=O) groups is 3. The number of aromatic hydroxyl groups is 1. The van der Waals surface area contributed by atoms with Crippen LogP contribution in [0.1, 0.15) is 36.9 Å². The third-order valence-corrected chi connectivity index (χ3v) is 11.0. The minimum absolute atomic E-state index is 0.0368. The van der Waals surface area contributed by atoms with Crippen LogP contribution in [0.15, 0.2) is 30.5 Å². The predicted octanol–water partition coefficient (Wildman–Crippen LogP) is 0.923. The molecular formula is C38H63N9O9S. The van der Waals surface area contributed by atoms with Crippen molar-refractivity contribution in [1.82, 2.24) is 46.5 Å². The van der Waals surface area contributed by atoms with Crippen molar-refractivity contribution in [1.29, 1.82) is 0 Å². The van der Waals surface area contributed by atoms with Crippen molar-refractivity contribution in [2.45, 2.75) is 68.4 Å². The number of thioether (sulfide) groups is 1. The van der Waals surface area contributed by atoms with Crippen LogP contribution in [0.25, 0.3) is 0 Å². The van der Waals surface area contributed by atoms with Crippen molar-refractivity contribution in [3.8, 4) is 5.75 Å². The lowest BCUT2D eigenvalue weighted by molar-refractivity contribution is -0.121. The second-order valence-corrected chi connectivity index (χ2v) is 15.4. The maximum absolute atomic E-state index is 12.4. The van der Waals surface area contributed by atoms with Gasteiger partial charge < -0.3 is 60.3 Å². The Morgan fingerprint density at radius 2 is 1.56 bits per heavy atom. The molecule has 5 amide bonds. The number of hydrogen-bond acceptors (Lipinski definition) is 13. The van der Waals surface area contributed by atoms with Crippen LogP contribution in [-0.4, -0.2) is 172 Å². The molecule has 0 unspecified atom stereocenters. The molecule has 2 aliphatic heterocycles. The molecular weight excluding hydrogens is 759 g/mol. The van der Waals surface area contributed by atoms with Gasteiger partial charge in [-0.1, -0.05) is 23.8 Å². The number of rotatable bonds is 31. The third-order valence-electron chi connectivity index (χ3n) is 9.49. The molecule has 2 saturated heterocycles. The van der Waals surface area contributed by atoms with Crippen LogP contribution in [0.4, 0.5) is 9.59 Å². The molecule has 2 fully saturated rings. The Balaban J connectivity index is 0.849. The summed E-state index contributed by atoms with van der Waals surface area (Å²) in [4.78, 5) is 38.0. The number of unbranched alkanes of at least 4 members (excludes halogenated alkanes) is 1. The van der Waals surface area contributed by atoms with Crippen LogP contribution in [0.3, 0.4) is 0 Å². The van der Waals surface area contributed by atoms with E-state index in [1.54, 1.807) is 16.8 Å². The second kappa shape index (κ2) is 27.1. The van der Waals surface area contributed by atoms with Gasteiger partial charge in [0, 0.05) is 55.7 Å². The zero-order valence-electron chi connectivity index (χ0n) is 33.5. The molecule has 18 nitrogen and oxygen atoms in total. The molecule has 19 heteroatoms. The van der Waals surface area contributed by atoms with Crippen molar-refractivity contribution in [3.63, 3.8) is 0 Å². The number of nitrogens with zero attached hydrogens (tertiary/aromatic N) is 4. The molecule has 4 atom stereocenters. The summed E-state index contributed by atoms with van der Waals surface area (Å²) < 4.78 is 29.5. The molecule has 4 rings (SSSR count). The minimum Gasteiger partial charge on any atom is -0.508 e. The van der Waals surface area contributed by atoms with Crippen molar-refractivity contribution < 1.29 is 43.2 Å². The van der Waals surface area contributed by atoms with Crippen molar-refractivity contribution in [2.24, 2.45) is 0 Å². The van der Waals surface area contributed by atoms with Crippen molar-refractivity contribution >= 4 is 29.7 Å². The van der Waals surface area contributed by atoms with Gasteiger partial charge in [-0.3, -0.25) is 4.79 Å². The molecule has 0 bridgehead atoms. The highest BCUT2D eigenvalue weighted by Gasteiger charge is 2.42. The van der Waals surface area contributed by atoms with E-state index >= 15 is 0 Å². The Morgan fingerprint density at radius 3 is 2.25 bits per heavy atom. The summed E-state index contributed by atoms with van der Waals surface area (Å²) >= 11 is 1.90. The molecule has 0 saturated carbocycles. The first-order valence-corrected chi connectivity index (χ1v) is 21.0. The number of phenolic OH excluding ortho intramolecular Hbond substituents is 1. The summed E-state index contributed by atoms with van der Waals surface area (Å²) in [6, 6.07) is 7.38. The predicted molar refractivity (Wildman–Crippen MR) is 215 cm³/mol. The average molecular weight is 822 g/mol. The number of ether oxygens (including phenoxy) is 5. The summed E-state index contributed by atoms with van der Waals surface area (Å²) in [6.07, 6.45) is 6.47. The minimum atomic E-state index is -0.235. The quantitative estimate of drug-likeness (QED) is 0.0463. The molecule has 3 heterocycles. The molecule has 0 radical (unpaired) electrons. The Hall–Kier alpha value is -3.72. The monoisotopic (exact) mass is 821 g/mol. The Kier molecular flexibility index (Phi) is 21.8. The molecule has 320 valence electrons. The smallest absolute Gasteiger partial charge is 0.315 e. The maximum atomic E-state index is 12.4. The number of nitrogens with one attached hydrogen (secondary N) is 5. The molecule has 0 spiro atoms. The summed E-state index contributed by atoms with van der Waals surface area (Å²) in [5.74, 6) is 1.23. The van der Waals surface area contributed by atoms with Crippen LogP contribution < -0.4 is 26.6 Å². The zero-order chi connectivity index (χ0) is 40.5. The number of urea groups is 2. The van der Waals surface area contributed by atoms with Gasteiger partial charge >= 0.3 is 12.1 Å². The first-order chi connectivity index (χ1) is 27.8. The van der Waals surface area contributed by atoms with Crippen molar-refractivity contribution in [2.75, 3.05) is 106 Å². The lowest BCUT2D eigenvalue weighted by Gasteiger charge is -2.25. The van der Waals surface area contributed by atoms with Gasteiger partial charge in [0.05, 0.1) is 90.4 Å². The van der Waals surface area contributed by atoms with E-state index in [2.05, 4.69) is 41.8 Å². The zero-order valence-corrected chi connectivity index (χ0v) is 34.3. The lowest BCUT2D eigenvalue weighted by atomic mass is 10.0. The van der Waals surface area contributed by atoms with Gasteiger partial charge in [-0.15, -0.1) is 5.10 Å². The van der Waals surface area contributed by atoms with Gasteiger partial charge in [0.25, 0.3) is 0 Å². The third kappa shape index (κ3) is 19.1. The second-order valence-electron chi connectivity index (χ2n) is 14.1. The van der Waals surface area contributed by atoms with E-state index in [0.717, 1.165) is 42.7 Å². The highest BCUT2D eigenvalue weighted by Crippen LogP contribution is 2.33. The number of benzene rings is 1. The van der Waals surface area contributed by atoms with E-state index in [1.165, 1.54) is 0 Å². The first-order valence-electron chi connectivity index (χ1n) is 20.0. The van der Waals surface area contributed by atoms with Gasteiger partial charge in [0.1, 0.15) is 5.75 Å².